The molecule has 0 aromatic heterocycles. The van der Waals surface area contributed by atoms with Crippen LogP contribution in [0.5, 0.6) is 0 Å². The van der Waals surface area contributed by atoms with Crippen molar-refractivity contribution in [3.8, 4) is 0 Å². The maximum absolute atomic E-state index is 11.2. The second-order valence-corrected chi connectivity index (χ2v) is 5.54. The van der Waals surface area contributed by atoms with E-state index in [1.54, 1.807) is 18.2 Å². The van der Waals surface area contributed by atoms with Crippen LogP contribution in [-0.2, 0) is 4.74 Å². The van der Waals surface area contributed by atoms with E-state index < -0.39 is 6.23 Å². The zero-order chi connectivity index (χ0) is 15.7. The molecule has 3 rings (SSSR count). The highest BCUT2D eigenvalue weighted by molar-refractivity contribution is 5.42. The highest BCUT2D eigenvalue weighted by Crippen LogP contribution is 2.43. The summed E-state index contributed by atoms with van der Waals surface area (Å²) in [4.78, 5) is 12.9. The fraction of sp³-hybridized carbons (Fsp3) is 0.294. The zero-order valence-corrected chi connectivity index (χ0v) is 12.5. The third-order valence-electron chi connectivity index (χ3n) is 4.25. The van der Waals surface area contributed by atoms with Crippen LogP contribution in [0, 0.1) is 10.1 Å². The first-order valence-electron chi connectivity index (χ1n) is 7.25. The fourth-order valence-corrected chi connectivity index (χ4v) is 2.93. The van der Waals surface area contributed by atoms with Crippen LogP contribution in [0.2, 0.25) is 0 Å². The SMILES string of the molecule is C[C@H]1[C@@H](c2ccccc2)O[C@H](c2ccccc2[N+](=O)[O-])N1C. The third kappa shape index (κ3) is 2.49. The Hall–Kier alpha value is -2.24. The minimum absolute atomic E-state index is 0.0975. The second-order valence-electron chi connectivity index (χ2n) is 5.54. The van der Waals surface area contributed by atoms with Gasteiger partial charge in [0.05, 0.1) is 10.5 Å². The van der Waals surface area contributed by atoms with E-state index in [9.17, 15) is 10.1 Å². The highest BCUT2D eigenvalue weighted by atomic mass is 16.6. The molecule has 2 aromatic carbocycles. The molecule has 22 heavy (non-hydrogen) atoms. The van der Waals surface area contributed by atoms with E-state index in [1.807, 2.05) is 42.3 Å². The molecular weight excluding hydrogens is 280 g/mol. The van der Waals surface area contributed by atoms with Gasteiger partial charge in [0, 0.05) is 12.1 Å². The van der Waals surface area contributed by atoms with E-state index in [2.05, 4.69) is 6.92 Å². The molecule has 0 N–H and O–H groups in total. The van der Waals surface area contributed by atoms with Crippen LogP contribution in [0.1, 0.15) is 30.4 Å². The molecule has 2 aromatic rings. The molecule has 1 heterocycles. The molecule has 3 atom stereocenters. The van der Waals surface area contributed by atoms with Gasteiger partial charge in [-0.2, -0.15) is 0 Å². The van der Waals surface area contributed by atoms with E-state index in [4.69, 9.17) is 4.74 Å². The lowest BCUT2D eigenvalue weighted by molar-refractivity contribution is -0.386. The van der Waals surface area contributed by atoms with Crippen molar-refractivity contribution >= 4 is 5.69 Å². The molecule has 0 unspecified atom stereocenters. The predicted octanol–water partition coefficient (Wildman–Crippen LogP) is 3.69. The molecule has 5 heteroatoms. The molecular formula is C17H18N2O3. The Morgan fingerprint density at radius 3 is 2.41 bits per heavy atom. The highest BCUT2D eigenvalue weighted by Gasteiger charge is 2.41. The zero-order valence-electron chi connectivity index (χ0n) is 12.5. The van der Waals surface area contributed by atoms with Crippen LogP contribution in [0.25, 0.3) is 0 Å². The largest absolute Gasteiger partial charge is 0.349 e. The summed E-state index contributed by atoms with van der Waals surface area (Å²) in [5.41, 5.74) is 1.78. The van der Waals surface area contributed by atoms with Crippen molar-refractivity contribution in [1.29, 1.82) is 0 Å². The van der Waals surface area contributed by atoms with Gasteiger partial charge in [0.25, 0.3) is 5.69 Å². The minimum atomic E-state index is -0.415. The second kappa shape index (κ2) is 5.87. The van der Waals surface area contributed by atoms with Gasteiger partial charge in [-0.25, -0.2) is 0 Å². The van der Waals surface area contributed by atoms with Gasteiger partial charge in [-0.05, 0) is 25.6 Å². The van der Waals surface area contributed by atoms with Crippen molar-refractivity contribution in [2.75, 3.05) is 7.05 Å². The van der Waals surface area contributed by atoms with Crippen LogP contribution in [-0.4, -0.2) is 22.9 Å². The number of nitro groups is 1. The molecule has 114 valence electrons. The number of para-hydroxylation sites is 1. The molecule has 0 bridgehead atoms. The van der Waals surface area contributed by atoms with E-state index in [0.717, 1.165) is 5.56 Å². The standard InChI is InChI=1S/C17H18N2O3/c1-12-16(13-8-4-3-5-9-13)22-17(18(12)2)14-10-6-7-11-15(14)19(20)21/h3-12,16-17H,1-2H3/t12-,16-,17+/m0/s1. The predicted molar refractivity (Wildman–Crippen MR) is 83.3 cm³/mol. The monoisotopic (exact) mass is 298 g/mol. The number of hydrogen-bond donors (Lipinski definition) is 0. The lowest BCUT2D eigenvalue weighted by atomic mass is 10.0. The molecule has 1 aliphatic heterocycles. The van der Waals surface area contributed by atoms with Crippen molar-refractivity contribution < 1.29 is 9.66 Å². The number of rotatable bonds is 3. The van der Waals surface area contributed by atoms with Crippen molar-refractivity contribution in [1.82, 2.24) is 4.90 Å². The molecule has 0 aliphatic carbocycles. The maximum Gasteiger partial charge on any atom is 0.276 e. The van der Waals surface area contributed by atoms with E-state index in [0.29, 0.717) is 5.56 Å². The van der Waals surface area contributed by atoms with Gasteiger partial charge in [0.2, 0.25) is 0 Å². The molecule has 0 saturated carbocycles. The molecule has 5 nitrogen and oxygen atoms in total. The Morgan fingerprint density at radius 1 is 1.09 bits per heavy atom. The maximum atomic E-state index is 11.2. The smallest absolute Gasteiger partial charge is 0.276 e. The summed E-state index contributed by atoms with van der Waals surface area (Å²) in [7, 11) is 1.94. The molecule has 1 saturated heterocycles. The molecule has 0 amide bonds. The van der Waals surface area contributed by atoms with E-state index >= 15 is 0 Å². The first kappa shape index (κ1) is 14.7. The van der Waals surface area contributed by atoms with Gasteiger partial charge in [0.1, 0.15) is 12.3 Å². The summed E-state index contributed by atoms with van der Waals surface area (Å²) < 4.78 is 6.17. The van der Waals surface area contributed by atoms with Gasteiger partial charge in [-0.3, -0.25) is 15.0 Å². The van der Waals surface area contributed by atoms with Gasteiger partial charge in [-0.15, -0.1) is 0 Å². The number of ether oxygens (including phenoxy) is 1. The van der Waals surface area contributed by atoms with Crippen LogP contribution in [0.4, 0.5) is 5.69 Å². The minimum Gasteiger partial charge on any atom is -0.349 e. The molecule has 0 radical (unpaired) electrons. The van der Waals surface area contributed by atoms with Gasteiger partial charge in [0.15, 0.2) is 0 Å². The van der Waals surface area contributed by atoms with Crippen LogP contribution >= 0.6 is 0 Å². The Balaban J connectivity index is 1.95. The summed E-state index contributed by atoms with van der Waals surface area (Å²) >= 11 is 0. The third-order valence-corrected chi connectivity index (χ3v) is 4.25. The van der Waals surface area contributed by atoms with E-state index in [1.165, 1.54) is 6.07 Å². The summed E-state index contributed by atoms with van der Waals surface area (Å²) in [6.45, 7) is 2.08. The summed E-state index contributed by atoms with van der Waals surface area (Å²) in [6.07, 6.45) is -0.516. The number of likely N-dealkylation sites (N-methyl/N-ethyl adjacent to an activating group) is 1. The number of benzene rings is 2. The van der Waals surface area contributed by atoms with Crippen molar-refractivity contribution in [3.63, 3.8) is 0 Å². The Kier molecular flexibility index (Phi) is 3.92. The van der Waals surface area contributed by atoms with Crippen molar-refractivity contribution in [3.05, 3.63) is 75.8 Å². The number of hydrogen-bond acceptors (Lipinski definition) is 4. The molecule has 1 fully saturated rings. The van der Waals surface area contributed by atoms with Crippen LogP contribution in [0.15, 0.2) is 54.6 Å². The van der Waals surface area contributed by atoms with Crippen LogP contribution in [0.3, 0.4) is 0 Å². The Labute approximate surface area is 129 Å². The topological polar surface area (TPSA) is 55.6 Å². The lowest BCUT2D eigenvalue weighted by Gasteiger charge is -2.21. The van der Waals surface area contributed by atoms with Crippen LogP contribution < -0.4 is 0 Å². The van der Waals surface area contributed by atoms with Crippen molar-refractivity contribution in [2.24, 2.45) is 0 Å². The first-order chi connectivity index (χ1) is 10.6. The summed E-state index contributed by atoms with van der Waals surface area (Å²) in [5, 5.41) is 11.2. The van der Waals surface area contributed by atoms with Crippen molar-refractivity contribution in [2.45, 2.75) is 25.3 Å². The quantitative estimate of drug-likeness (QED) is 0.640. The van der Waals surface area contributed by atoms with Gasteiger partial charge in [-0.1, -0.05) is 42.5 Å². The number of nitro benzene ring substituents is 1. The summed E-state index contributed by atoms with van der Waals surface area (Å²) in [6, 6.07) is 16.9. The Morgan fingerprint density at radius 2 is 1.73 bits per heavy atom. The average Bonchev–Trinajstić information content (AvgIpc) is 2.84. The average molecular weight is 298 g/mol. The molecule has 1 aliphatic rings. The lowest BCUT2D eigenvalue weighted by Crippen LogP contribution is -2.27. The number of nitrogens with zero attached hydrogens (tertiary/aromatic N) is 2. The van der Waals surface area contributed by atoms with E-state index in [-0.39, 0.29) is 22.8 Å². The Bertz CT molecular complexity index is 675. The first-order valence-corrected chi connectivity index (χ1v) is 7.25. The van der Waals surface area contributed by atoms with Gasteiger partial charge < -0.3 is 4.74 Å². The normalized spacial score (nSPS) is 25.3. The summed E-state index contributed by atoms with van der Waals surface area (Å²) in [5.74, 6) is 0. The fourth-order valence-electron chi connectivity index (χ4n) is 2.93. The molecule has 0 spiro atoms. The van der Waals surface area contributed by atoms with Gasteiger partial charge >= 0.3 is 0 Å².